The Hall–Kier alpha value is -2.73. The molecule has 2 heterocycles. The van der Waals surface area contributed by atoms with E-state index in [1.807, 2.05) is 30.3 Å². The number of thiazole rings is 1. The Morgan fingerprint density at radius 1 is 1.25 bits per heavy atom. The zero-order valence-corrected chi connectivity index (χ0v) is 13.9. The van der Waals surface area contributed by atoms with E-state index in [0.717, 1.165) is 21.4 Å². The van der Waals surface area contributed by atoms with E-state index in [-0.39, 0.29) is 11.8 Å². The molecule has 1 amide bonds. The lowest BCUT2D eigenvalue weighted by atomic mass is 10.1. The van der Waals surface area contributed by atoms with Crippen molar-refractivity contribution in [2.24, 2.45) is 0 Å². The third-order valence-electron chi connectivity index (χ3n) is 4.02. The number of amides is 1. The van der Waals surface area contributed by atoms with Crippen LogP contribution >= 0.6 is 11.3 Å². The van der Waals surface area contributed by atoms with Crippen molar-refractivity contribution in [3.8, 4) is 0 Å². The smallest absolute Gasteiger partial charge is 0.253 e. The molecule has 1 atom stereocenters. The second-order valence-corrected chi connectivity index (χ2v) is 6.83. The van der Waals surface area contributed by atoms with Crippen molar-refractivity contribution in [1.82, 2.24) is 20.5 Å². The van der Waals surface area contributed by atoms with Gasteiger partial charge in [0.2, 0.25) is 0 Å². The molecule has 120 valence electrons. The number of aromatic nitrogens is 3. The largest absolute Gasteiger partial charge is 0.351 e. The number of aromatic amines is 1. The van der Waals surface area contributed by atoms with Gasteiger partial charge >= 0.3 is 0 Å². The molecule has 0 aliphatic rings. The van der Waals surface area contributed by atoms with E-state index in [2.05, 4.69) is 33.5 Å². The average Bonchev–Trinajstić information content (AvgIpc) is 3.25. The first-order valence-corrected chi connectivity index (χ1v) is 8.60. The first kappa shape index (κ1) is 14.8. The fourth-order valence-electron chi connectivity index (χ4n) is 2.69. The standard InChI is InChI=1S/C18H16N4OS/c1-11(18-21-14-7-2-3-8-15(14)24-18)9-19-17(23)13-6-4-5-12-10-20-22-16(12)13/h2-8,10-11H,9H2,1H3,(H,19,23)(H,20,22). The lowest BCUT2D eigenvalue weighted by Crippen LogP contribution is -2.27. The summed E-state index contributed by atoms with van der Waals surface area (Å²) >= 11 is 1.68. The van der Waals surface area contributed by atoms with Crippen LogP contribution in [0, 0.1) is 0 Å². The maximum absolute atomic E-state index is 12.5. The predicted octanol–water partition coefficient (Wildman–Crippen LogP) is 3.71. The first-order chi connectivity index (χ1) is 11.7. The normalized spacial score (nSPS) is 12.5. The lowest BCUT2D eigenvalue weighted by Gasteiger charge is -2.10. The lowest BCUT2D eigenvalue weighted by molar-refractivity contribution is 0.0953. The van der Waals surface area contributed by atoms with Gasteiger partial charge in [-0.1, -0.05) is 31.2 Å². The maximum Gasteiger partial charge on any atom is 0.253 e. The van der Waals surface area contributed by atoms with Crippen LogP contribution in [0.1, 0.15) is 28.2 Å². The molecule has 2 aromatic heterocycles. The monoisotopic (exact) mass is 336 g/mol. The van der Waals surface area contributed by atoms with Crippen molar-refractivity contribution in [1.29, 1.82) is 0 Å². The molecule has 0 spiro atoms. The number of hydrogen-bond acceptors (Lipinski definition) is 4. The van der Waals surface area contributed by atoms with E-state index in [1.54, 1.807) is 23.6 Å². The highest BCUT2D eigenvalue weighted by molar-refractivity contribution is 7.18. The number of carbonyl (C=O) groups excluding carboxylic acids is 1. The maximum atomic E-state index is 12.5. The predicted molar refractivity (Wildman–Crippen MR) is 96.5 cm³/mol. The molecule has 4 aromatic rings. The van der Waals surface area contributed by atoms with E-state index in [9.17, 15) is 4.79 Å². The van der Waals surface area contributed by atoms with Crippen LogP contribution in [-0.2, 0) is 0 Å². The zero-order valence-electron chi connectivity index (χ0n) is 13.1. The Labute approximate surface area is 142 Å². The van der Waals surface area contributed by atoms with E-state index in [1.165, 1.54) is 4.70 Å². The molecule has 1 unspecified atom stereocenters. The van der Waals surface area contributed by atoms with Gasteiger partial charge in [-0.3, -0.25) is 9.89 Å². The first-order valence-electron chi connectivity index (χ1n) is 7.78. The molecule has 2 aromatic carbocycles. The molecule has 24 heavy (non-hydrogen) atoms. The van der Waals surface area contributed by atoms with Crippen LogP contribution in [-0.4, -0.2) is 27.6 Å². The SMILES string of the molecule is CC(CNC(=O)c1cccc2cn[nH]c12)c1nc2ccccc2s1. The van der Waals surface area contributed by atoms with Gasteiger partial charge < -0.3 is 5.32 Å². The molecule has 0 saturated heterocycles. The summed E-state index contributed by atoms with van der Waals surface area (Å²) in [5.41, 5.74) is 2.39. The number of fused-ring (bicyclic) bond motifs is 2. The third kappa shape index (κ3) is 2.65. The van der Waals surface area contributed by atoms with Gasteiger partial charge in [0.25, 0.3) is 5.91 Å². The van der Waals surface area contributed by atoms with Gasteiger partial charge in [-0.25, -0.2) is 4.98 Å². The molecule has 0 aliphatic heterocycles. The van der Waals surface area contributed by atoms with Gasteiger partial charge in [0, 0.05) is 17.8 Å². The number of para-hydroxylation sites is 2. The van der Waals surface area contributed by atoms with Crippen molar-refractivity contribution in [2.45, 2.75) is 12.8 Å². The summed E-state index contributed by atoms with van der Waals surface area (Å²) in [7, 11) is 0. The van der Waals surface area contributed by atoms with Crippen LogP contribution in [0.2, 0.25) is 0 Å². The van der Waals surface area contributed by atoms with E-state index in [0.29, 0.717) is 12.1 Å². The quantitative estimate of drug-likeness (QED) is 0.597. The van der Waals surface area contributed by atoms with Crippen molar-refractivity contribution in [2.75, 3.05) is 6.54 Å². The second kappa shape index (κ2) is 6.05. The van der Waals surface area contributed by atoms with Crippen molar-refractivity contribution < 1.29 is 4.79 Å². The average molecular weight is 336 g/mol. The van der Waals surface area contributed by atoms with Gasteiger partial charge in [-0.15, -0.1) is 11.3 Å². The molecular weight excluding hydrogens is 320 g/mol. The highest BCUT2D eigenvalue weighted by Gasteiger charge is 2.15. The van der Waals surface area contributed by atoms with E-state index >= 15 is 0 Å². The molecule has 5 nitrogen and oxygen atoms in total. The van der Waals surface area contributed by atoms with Crippen LogP contribution in [0.4, 0.5) is 0 Å². The third-order valence-corrected chi connectivity index (χ3v) is 5.29. The minimum Gasteiger partial charge on any atom is -0.351 e. The molecular formula is C18H16N4OS. The highest BCUT2D eigenvalue weighted by atomic mass is 32.1. The molecule has 4 rings (SSSR count). The van der Waals surface area contributed by atoms with Gasteiger partial charge in [0.15, 0.2) is 0 Å². The van der Waals surface area contributed by atoms with E-state index in [4.69, 9.17) is 0 Å². The Morgan fingerprint density at radius 3 is 3.00 bits per heavy atom. The molecule has 0 radical (unpaired) electrons. The number of nitrogens with zero attached hydrogens (tertiary/aromatic N) is 2. The Bertz CT molecular complexity index is 987. The topological polar surface area (TPSA) is 70.7 Å². The summed E-state index contributed by atoms with van der Waals surface area (Å²) in [6.07, 6.45) is 1.72. The molecule has 0 bridgehead atoms. The number of hydrogen-bond donors (Lipinski definition) is 2. The van der Waals surface area contributed by atoms with E-state index < -0.39 is 0 Å². The van der Waals surface area contributed by atoms with Crippen LogP contribution in [0.5, 0.6) is 0 Å². The van der Waals surface area contributed by atoms with Crippen LogP contribution in [0.3, 0.4) is 0 Å². The van der Waals surface area contributed by atoms with Gasteiger partial charge in [-0.05, 0) is 18.2 Å². The summed E-state index contributed by atoms with van der Waals surface area (Å²) in [5.74, 6) is 0.0603. The number of benzene rings is 2. The minimum absolute atomic E-state index is 0.0992. The Kier molecular flexibility index (Phi) is 3.74. The van der Waals surface area contributed by atoms with Gasteiger partial charge in [0.05, 0.1) is 32.5 Å². The molecule has 0 saturated carbocycles. The Balaban J connectivity index is 1.49. The second-order valence-electron chi connectivity index (χ2n) is 5.77. The van der Waals surface area contributed by atoms with Crippen LogP contribution < -0.4 is 5.32 Å². The van der Waals surface area contributed by atoms with Gasteiger partial charge in [0.1, 0.15) is 0 Å². The van der Waals surface area contributed by atoms with Crippen molar-refractivity contribution in [3.63, 3.8) is 0 Å². The summed E-state index contributed by atoms with van der Waals surface area (Å²) in [4.78, 5) is 17.1. The minimum atomic E-state index is -0.0992. The zero-order chi connectivity index (χ0) is 16.5. The highest BCUT2D eigenvalue weighted by Crippen LogP contribution is 2.27. The number of nitrogens with one attached hydrogen (secondary N) is 2. The summed E-state index contributed by atoms with van der Waals surface area (Å²) in [6, 6.07) is 13.7. The fourth-order valence-corrected chi connectivity index (χ4v) is 3.71. The summed E-state index contributed by atoms with van der Waals surface area (Å²) in [6.45, 7) is 2.62. The summed E-state index contributed by atoms with van der Waals surface area (Å²) in [5, 5.41) is 11.9. The van der Waals surface area contributed by atoms with Crippen molar-refractivity contribution in [3.05, 3.63) is 59.2 Å². The van der Waals surface area contributed by atoms with Crippen molar-refractivity contribution >= 4 is 38.4 Å². The van der Waals surface area contributed by atoms with Gasteiger partial charge in [-0.2, -0.15) is 5.10 Å². The van der Waals surface area contributed by atoms with Crippen LogP contribution in [0.25, 0.3) is 21.1 Å². The summed E-state index contributed by atoms with van der Waals surface area (Å²) < 4.78 is 1.17. The molecule has 6 heteroatoms. The molecule has 0 fully saturated rings. The van der Waals surface area contributed by atoms with Crippen LogP contribution in [0.15, 0.2) is 48.7 Å². The number of carbonyl (C=O) groups is 1. The number of rotatable bonds is 4. The number of H-pyrrole nitrogens is 1. The Morgan fingerprint density at radius 2 is 2.12 bits per heavy atom. The molecule has 0 aliphatic carbocycles. The molecule has 2 N–H and O–H groups in total. The fraction of sp³-hybridized carbons (Fsp3) is 0.167.